The molecule has 1 heterocycles. The van der Waals surface area contributed by atoms with Crippen molar-refractivity contribution in [1.29, 1.82) is 0 Å². The van der Waals surface area contributed by atoms with Crippen molar-refractivity contribution in [2.24, 2.45) is 0 Å². The lowest BCUT2D eigenvalue weighted by Crippen LogP contribution is -2.53. The normalized spacial score (nSPS) is 19.9. The van der Waals surface area contributed by atoms with Crippen LogP contribution in [-0.2, 0) is 11.2 Å². The lowest BCUT2D eigenvalue weighted by Gasteiger charge is -2.36. The molecule has 1 aromatic carbocycles. The Kier molecular flexibility index (Phi) is 4.25. The lowest BCUT2D eigenvalue weighted by molar-refractivity contribution is -0.131. The highest BCUT2D eigenvalue weighted by atomic mass is 35.5. The molecule has 0 spiro atoms. The predicted molar refractivity (Wildman–Crippen MR) is 73.9 cm³/mol. The molecule has 0 saturated carbocycles. The highest BCUT2D eigenvalue weighted by molar-refractivity contribution is 6.31. The molecular weight excluding hydrogens is 248 g/mol. The molecule has 1 fully saturated rings. The van der Waals surface area contributed by atoms with Gasteiger partial charge in [0.15, 0.2) is 0 Å². The zero-order valence-electron chi connectivity index (χ0n) is 10.9. The van der Waals surface area contributed by atoms with Crippen LogP contribution in [0, 0.1) is 6.92 Å². The van der Waals surface area contributed by atoms with Crippen molar-refractivity contribution in [3.05, 3.63) is 34.3 Å². The number of carbonyl (C=O) groups is 1. The van der Waals surface area contributed by atoms with Gasteiger partial charge in [-0.2, -0.15) is 0 Å². The molecule has 1 aliphatic heterocycles. The van der Waals surface area contributed by atoms with E-state index in [9.17, 15) is 4.79 Å². The van der Waals surface area contributed by atoms with E-state index in [-0.39, 0.29) is 11.9 Å². The Morgan fingerprint density at radius 3 is 3.06 bits per heavy atom. The maximum absolute atomic E-state index is 11.6. The standard InChI is InChI=1S/C14H19ClN2O/c1-10-12(4-3-5-14(10)15)8-13-9-16-6-7-17(13)11(2)18/h3-5,13,16H,6-9H2,1-2H3. The molecule has 1 aromatic rings. The summed E-state index contributed by atoms with van der Waals surface area (Å²) in [4.78, 5) is 13.6. The van der Waals surface area contributed by atoms with Crippen LogP contribution in [0.25, 0.3) is 0 Å². The summed E-state index contributed by atoms with van der Waals surface area (Å²) in [7, 11) is 0. The van der Waals surface area contributed by atoms with Gasteiger partial charge in [-0.05, 0) is 30.5 Å². The number of nitrogens with zero attached hydrogens (tertiary/aromatic N) is 1. The molecule has 1 atom stereocenters. The van der Waals surface area contributed by atoms with E-state index in [4.69, 9.17) is 11.6 Å². The van der Waals surface area contributed by atoms with Crippen molar-refractivity contribution in [3.8, 4) is 0 Å². The average molecular weight is 267 g/mol. The number of nitrogens with one attached hydrogen (secondary N) is 1. The molecule has 1 amide bonds. The number of halogens is 1. The second kappa shape index (κ2) is 5.72. The molecule has 1 unspecified atom stereocenters. The molecule has 1 saturated heterocycles. The van der Waals surface area contributed by atoms with E-state index in [0.29, 0.717) is 0 Å². The first-order valence-corrected chi connectivity index (χ1v) is 6.69. The Labute approximate surface area is 113 Å². The minimum Gasteiger partial charge on any atom is -0.337 e. The van der Waals surface area contributed by atoms with Gasteiger partial charge in [0.2, 0.25) is 5.91 Å². The van der Waals surface area contributed by atoms with Gasteiger partial charge in [0, 0.05) is 37.6 Å². The van der Waals surface area contributed by atoms with Crippen molar-refractivity contribution in [1.82, 2.24) is 10.2 Å². The van der Waals surface area contributed by atoms with E-state index in [1.807, 2.05) is 24.0 Å². The van der Waals surface area contributed by atoms with E-state index in [1.165, 1.54) is 5.56 Å². The first-order valence-electron chi connectivity index (χ1n) is 6.31. The first-order chi connectivity index (χ1) is 8.59. The third kappa shape index (κ3) is 2.85. The van der Waals surface area contributed by atoms with Crippen molar-refractivity contribution in [3.63, 3.8) is 0 Å². The Bertz CT molecular complexity index is 447. The second-order valence-corrected chi connectivity index (χ2v) is 5.21. The molecule has 1 aliphatic rings. The molecule has 0 aliphatic carbocycles. The summed E-state index contributed by atoms with van der Waals surface area (Å²) in [5.41, 5.74) is 2.34. The number of hydrogen-bond acceptors (Lipinski definition) is 2. The maximum atomic E-state index is 11.6. The molecule has 1 N–H and O–H groups in total. The molecular formula is C14H19ClN2O. The summed E-state index contributed by atoms with van der Waals surface area (Å²) >= 11 is 6.13. The van der Waals surface area contributed by atoms with Crippen molar-refractivity contribution >= 4 is 17.5 Å². The monoisotopic (exact) mass is 266 g/mol. The first kappa shape index (κ1) is 13.4. The molecule has 0 aromatic heterocycles. The van der Waals surface area contributed by atoms with Gasteiger partial charge in [-0.15, -0.1) is 0 Å². The molecule has 2 rings (SSSR count). The third-order valence-corrected chi connectivity index (χ3v) is 4.00. The van der Waals surface area contributed by atoms with Crippen LogP contribution >= 0.6 is 11.6 Å². The van der Waals surface area contributed by atoms with Crippen LogP contribution in [0.15, 0.2) is 18.2 Å². The van der Waals surface area contributed by atoms with Crippen molar-refractivity contribution in [2.75, 3.05) is 19.6 Å². The van der Waals surface area contributed by atoms with Gasteiger partial charge in [0.05, 0.1) is 0 Å². The highest BCUT2D eigenvalue weighted by Gasteiger charge is 2.24. The van der Waals surface area contributed by atoms with Gasteiger partial charge in [0.1, 0.15) is 0 Å². The van der Waals surface area contributed by atoms with Crippen molar-refractivity contribution in [2.45, 2.75) is 26.3 Å². The fourth-order valence-electron chi connectivity index (χ4n) is 2.48. The summed E-state index contributed by atoms with van der Waals surface area (Å²) in [5.74, 6) is 0.154. The van der Waals surface area contributed by atoms with Crippen LogP contribution in [0.4, 0.5) is 0 Å². The van der Waals surface area contributed by atoms with Gasteiger partial charge >= 0.3 is 0 Å². The molecule has 0 bridgehead atoms. The lowest BCUT2D eigenvalue weighted by atomic mass is 9.99. The molecule has 18 heavy (non-hydrogen) atoms. The number of piperazine rings is 1. The zero-order valence-corrected chi connectivity index (χ0v) is 11.6. The summed E-state index contributed by atoms with van der Waals surface area (Å²) in [6, 6.07) is 6.20. The van der Waals surface area contributed by atoms with Crippen molar-refractivity contribution < 1.29 is 4.79 Å². The Balaban J connectivity index is 2.16. The van der Waals surface area contributed by atoms with Crippen LogP contribution in [0.5, 0.6) is 0 Å². The SMILES string of the molecule is CC(=O)N1CCNCC1Cc1cccc(Cl)c1C. The summed E-state index contributed by atoms with van der Waals surface area (Å²) < 4.78 is 0. The largest absolute Gasteiger partial charge is 0.337 e. The summed E-state index contributed by atoms with van der Waals surface area (Å²) in [6.07, 6.45) is 0.860. The van der Waals surface area contributed by atoms with Gasteiger partial charge < -0.3 is 10.2 Å². The van der Waals surface area contributed by atoms with Crippen LogP contribution in [-0.4, -0.2) is 36.5 Å². The van der Waals surface area contributed by atoms with E-state index in [0.717, 1.165) is 36.6 Å². The smallest absolute Gasteiger partial charge is 0.219 e. The predicted octanol–water partition coefficient (Wildman–Crippen LogP) is 2.01. The Hall–Kier alpha value is -1.06. The fraction of sp³-hybridized carbons (Fsp3) is 0.500. The van der Waals surface area contributed by atoms with Crippen LogP contribution in [0.3, 0.4) is 0 Å². The van der Waals surface area contributed by atoms with E-state index >= 15 is 0 Å². The van der Waals surface area contributed by atoms with E-state index < -0.39 is 0 Å². The Morgan fingerprint density at radius 2 is 2.33 bits per heavy atom. The molecule has 3 nitrogen and oxygen atoms in total. The van der Waals surface area contributed by atoms with Gasteiger partial charge in [-0.25, -0.2) is 0 Å². The zero-order chi connectivity index (χ0) is 13.1. The van der Waals surface area contributed by atoms with Gasteiger partial charge in [0.25, 0.3) is 0 Å². The topological polar surface area (TPSA) is 32.3 Å². The third-order valence-electron chi connectivity index (χ3n) is 3.59. The number of benzene rings is 1. The number of hydrogen-bond donors (Lipinski definition) is 1. The second-order valence-electron chi connectivity index (χ2n) is 4.80. The summed E-state index contributed by atoms with van der Waals surface area (Å²) in [5, 5.41) is 4.14. The van der Waals surface area contributed by atoms with Gasteiger partial charge in [-0.3, -0.25) is 4.79 Å². The average Bonchev–Trinajstić information content (AvgIpc) is 2.35. The highest BCUT2D eigenvalue weighted by Crippen LogP contribution is 2.21. The maximum Gasteiger partial charge on any atom is 0.219 e. The van der Waals surface area contributed by atoms with E-state index in [2.05, 4.69) is 11.4 Å². The Morgan fingerprint density at radius 1 is 1.56 bits per heavy atom. The molecule has 0 radical (unpaired) electrons. The van der Waals surface area contributed by atoms with Crippen LogP contribution in [0.2, 0.25) is 5.02 Å². The number of carbonyl (C=O) groups excluding carboxylic acids is 1. The fourth-order valence-corrected chi connectivity index (χ4v) is 2.68. The van der Waals surface area contributed by atoms with Gasteiger partial charge in [-0.1, -0.05) is 23.7 Å². The molecule has 98 valence electrons. The molecule has 4 heteroatoms. The van der Waals surface area contributed by atoms with E-state index in [1.54, 1.807) is 6.92 Å². The quantitative estimate of drug-likeness (QED) is 0.888. The minimum atomic E-state index is 0.154. The number of rotatable bonds is 2. The summed E-state index contributed by atoms with van der Waals surface area (Å²) in [6.45, 7) is 6.20. The van der Waals surface area contributed by atoms with Crippen LogP contribution < -0.4 is 5.32 Å². The van der Waals surface area contributed by atoms with Crippen LogP contribution in [0.1, 0.15) is 18.1 Å². The minimum absolute atomic E-state index is 0.154. The number of amides is 1.